The molecule has 0 radical (unpaired) electrons. The van der Waals surface area contributed by atoms with Crippen LogP contribution in [-0.2, 0) is 26.0 Å². The number of amides is 1. The molecule has 5 rings (SSSR count). The molecular formula is C28H29FN2O5S. The number of benzene rings is 3. The standard InChI is InChI=1S/C28H29FN2O5S/c1-36-16-6-14-30-25-13-12-19(22-9-5-10-23(27(22)25)28(30)33)17-26(32)24-11-2-3-15-31(24)37(34,35)21-8-4-7-20(29)18-21/h4-5,7-10,12-13,18,24H,2-3,6,11,14-17H2,1H3. The van der Waals surface area contributed by atoms with Gasteiger partial charge in [0, 0.05) is 44.2 Å². The van der Waals surface area contributed by atoms with Crippen LogP contribution in [0.3, 0.4) is 0 Å². The number of piperidine rings is 1. The molecule has 2 aliphatic heterocycles. The van der Waals surface area contributed by atoms with Gasteiger partial charge in [-0.05, 0) is 60.5 Å². The van der Waals surface area contributed by atoms with E-state index in [4.69, 9.17) is 4.74 Å². The molecule has 0 saturated carbocycles. The van der Waals surface area contributed by atoms with E-state index in [2.05, 4.69) is 0 Å². The summed E-state index contributed by atoms with van der Waals surface area (Å²) in [5.74, 6) is -0.916. The molecule has 0 aromatic heterocycles. The number of carbonyl (C=O) groups is 2. The number of ether oxygens (including phenoxy) is 1. The molecule has 1 saturated heterocycles. The molecular weight excluding hydrogens is 495 g/mol. The molecule has 9 heteroatoms. The SMILES string of the molecule is COCCCN1C(=O)c2cccc3c(CC(=O)C4CCCCN4S(=O)(=O)c4cccc(F)c4)ccc1c23. The van der Waals surface area contributed by atoms with Gasteiger partial charge in [-0.3, -0.25) is 9.59 Å². The first-order valence-corrected chi connectivity index (χ1v) is 13.9. The Bertz CT molecular complexity index is 1470. The minimum Gasteiger partial charge on any atom is -0.385 e. The number of halogens is 1. The molecule has 1 fully saturated rings. The Hall–Kier alpha value is -3.14. The van der Waals surface area contributed by atoms with Gasteiger partial charge >= 0.3 is 0 Å². The summed E-state index contributed by atoms with van der Waals surface area (Å²) in [4.78, 5) is 28.3. The van der Waals surface area contributed by atoms with Crippen LogP contribution in [0.25, 0.3) is 10.8 Å². The zero-order chi connectivity index (χ0) is 26.2. The number of anilines is 1. The topological polar surface area (TPSA) is 84.0 Å². The predicted molar refractivity (Wildman–Crippen MR) is 139 cm³/mol. The maximum absolute atomic E-state index is 13.8. The monoisotopic (exact) mass is 524 g/mol. The molecule has 2 heterocycles. The third kappa shape index (κ3) is 4.67. The Morgan fingerprint density at radius 2 is 1.92 bits per heavy atom. The van der Waals surface area contributed by atoms with E-state index in [-0.39, 0.29) is 29.6 Å². The molecule has 0 N–H and O–H groups in total. The van der Waals surface area contributed by atoms with Crippen molar-refractivity contribution in [1.29, 1.82) is 0 Å². The lowest BCUT2D eigenvalue weighted by Crippen LogP contribution is -2.48. The van der Waals surface area contributed by atoms with Crippen LogP contribution in [0, 0.1) is 5.82 Å². The van der Waals surface area contributed by atoms with Crippen molar-refractivity contribution < 1.29 is 27.1 Å². The van der Waals surface area contributed by atoms with Crippen LogP contribution in [-0.4, -0.2) is 57.3 Å². The summed E-state index contributed by atoms with van der Waals surface area (Å²) in [5.41, 5.74) is 2.17. The van der Waals surface area contributed by atoms with Crippen molar-refractivity contribution in [3.63, 3.8) is 0 Å². The van der Waals surface area contributed by atoms with Gasteiger partial charge in [-0.1, -0.05) is 30.7 Å². The first-order valence-electron chi connectivity index (χ1n) is 12.5. The highest BCUT2D eigenvalue weighted by atomic mass is 32.2. The fourth-order valence-corrected chi connectivity index (χ4v) is 7.14. The van der Waals surface area contributed by atoms with Crippen molar-refractivity contribution in [3.05, 3.63) is 71.5 Å². The average Bonchev–Trinajstić information content (AvgIpc) is 3.18. The summed E-state index contributed by atoms with van der Waals surface area (Å²) in [6.07, 6.45) is 2.54. The zero-order valence-corrected chi connectivity index (χ0v) is 21.5. The van der Waals surface area contributed by atoms with Gasteiger partial charge in [0.15, 0.2) is 5.78 Å². The summed E-state index contributed by atoms with van der Waals surface area (Å²) < 4.78 is 46.9. The van der Waals surface area contributed by atoms with Crippen LogP contribution >= 0.6 is 0 Å². The molecule has 1 unspecified atom stereocenters. The average molecular weight is 525 g/mol. The Labute approximate surface area is 215 Å². The first-order chi connectivity index (χ1) is 17.8. The Balaban J connectivity index is 1.44. The maximum Gasteiger partial charge on any atom is 0.258 e. The van der Waals surface area contributed by atoms with E-state index in [1.165, 1.54) is 22.5 Å². The van der Waals surface area contributed by atoms with Gasteiger partial charge in [0.25, 0.3) is 5.91 Å². The first kappa shape index (κ1) is 25.5. The van der Waals surface area contributed by atoms with Crippen LogP contribution in [0.4, 0.5) is 10.1 Å². The second-order valence-electron chi connectivity index (χ2n) is 9.50. The smallest absolute Gasteiger partial charge is 0.258 e. The lowest BCUT2D eigenvalue weighted by Gasteiger charge is -2.33. The van der Waals surface area contributed by atoms with E-state index in [1.54, 1.807) is 18.1 Å². The van der Waals surface area contributed by atoms with Gasteiger partial charge in [-0.2, -0.15) is 4.31 Å². The molecule has 2 aliphatic rings. The maximum atomic E-state index is 13.8. The van der Waals surface area contributed by atoms with Crippen molar-refractivity contribution in [3.8, 4) is 0 Å². The highest BCUT2D eigenvalue weighted by Gasteiger charge is 2.38. The van der Waals surface area contributed by atoms with Crippen molar-refractivity contribution >= 4 is 38.2 Å². The third-order valence-electron chi connectivity index (χ3n) is 7.20. The number of Topliss-reactive ketones (excluding diaryl/α,β-unsaturated/α-hetero) is 1. The number of methoxy groups -OCH3 is 1. The summed E-state index contributed by atoms with van der Waals surface area (Å²) in [6.45, 7) is 1.29. The number of rotatable bonds is 9. The number of ketones is 1. The predicted octanol–water partition coefficient (Wildman–Crippen LogP) is 4.33. The van der Waals surface area contributed by atoms with Gasteiger partial charge in [0.2, 0.25) is 10.0 Å². The molecule has 3 aromatic rings. The summed E-state index contributed by atoms with van der Waals surface area (Å²) in [6, 6.07) is 13.3. The van der Waals surface area contributed by atoms with Crippen LogP contribution in [0.2, 0.25) is 0 Å². The van der Waals surface area contributed by atoms with E-state index in [9.17, 15) is 22.4 Å². The van der Waals surface area contributed by atoms with Gasteiger partial charge in [-0.15, -0.1) is 0 Å². The number of hydrogen-bond acceptors (Lipinski definition) is 5. The second kappa shape index (κ2) is 10.3. The molecule has 0 bridgehead atoms. The summed E-state index contributed by atoms with van der Waals surface area (Å²) in [7, 11) is -2.41. The van der Waals surface area contributed by atoms with Crippen LogP contribution < -0.4 is 4.90 Å². The molecule has 1 atom stereocenters. The van der Waals surface area contributed by atoms with E-state index >= 15 is 0 Å². The fraction of sp³-hybridized carbons (Fsp3) is 0.357. The lowest BCUT2D eigenvalue weighted by molar-refractivity contribution is -0.122. The number of nitrogens with zero attached hydrogens (tertiary/aromatic N) is 2. The van der Waals surface area contributed by atoms with Crippen LogP contribution in [0.15, 0.2) is 59.5 Å². The van der Waals surface area contributed by atoms with Gasteiger partial charge in [0.05, 0.1) is 16.6 Å². The van der Waals surface area contributed by atoms with Gasteiger partial charge in [-0.25, -0.2) is 12.8 Å². The largest absolute Gasteiger partial charge is 0.385 e. The van der Waals surface area contributed by atoms with E-state index < -0.39 is 21.9 Å². The summed E-state index contributed by atoms with van der Waals surface area (Å²) in [5, 5.41) is 1.64. The molecule has 3 aromatic carbocycles. The van der Waals surface area contributed by atoms with E-state index in [1.807, 2.05) is 24.3 Å². The lowest BCUT2D eigenvalue weighted by atomic mass is 9.93. The molecule has 1 amide bonds. The molecule has 37 heavy (non-hydrogen) atoms. The van der Waals surface area contributed by atoms with Crippen LogP contribution in [0.1, 0.15) is 41.6 Å². The minimum absolute atomic E-state index is 0.0396. The van der Waals surface area contributed by atoms with Gasteiger partial charge in [0.1, 0.15) is 5.82 Å². The Kier molecular flexibility index (Phi) is 7.11. The van der Waals surface area contributed by atoms with Crippen molar-refractivity contribution in [2.75, 3.05) is 31.7 Å². The zero-order valence-electron chi connectivity index (χ0n) is 20.7. The number of hydrogen-bond donors (Lipinski definition) is 0. The second-order valence-corrected chi connectivity index (χ2v) is 11.4. The van der Waals surface area contributed by atoms with E-state index in [0.717, 1.165) is 34.5 Å². The quantitative estimate of drug-likeness (QED) is 0.389. The summed E-state index contributed by atoms with van der Waals surface area (Å²) >= 11 is 0. The van der Waals surface area contributed by atoms with Gasteiger partial charge < -0.3 is 9.64 Å². The molecule has 0 aliphatic carbocycles. The van der Waals surface area contributed by atoms with Crippen molar-refractivity contribution in [2.45, 2.75) is 43.0 Å². The van der Waals surface area contributed by atoms with E-state index in [0.29, 0.717) is 38.0 Å². The molecule has 0 spiro atoms. The highest BCUT2D eigenvalue weighted by Crippen LogP contribution is 2.39. The third-order valence-corrected chi connectivity index (χ3v) is 9.10. The minimum atomic E-state index is -4.03. The number of carbonyl (C=O) groups excluding carboxylic acids is 2. The fourth-order valence-electron chi connectivity index (χ4n) is 5.43. The molecule has 194 valence electrons. The highest BCUT2D eigenvalue weighted by molar-refractivity contribution is 7.89. The molecule has 7 nitrogen and oxygen atoms in total. The Morgan fingerprint density at radius 1 is 1.11 bits per heavy atom. The van der Waals surface area contributed by atoms with Crippen molar-refractivity contribution in [1.82, 2.24) is 4.31 Å². The normalized spacial score (nSPS) is 18.1. The van der Waals surface area contributed by atoms with Crippen molar-refractivity contribution in [2.24, 2.45) is 0 Å². The number of sulfonamides is 1. The van der Waals surface area contributed by atoms with Crippen LogP contribution in [0.5, 0.6) is 0 Å². The Morgan fingerprint density at radius 3 is 2.70 bits per heavy atom.